The molecule has 0 aliphatic heterocycles. The smallest absolute Gasteiger partial charge is 0.322 e. The molecule has 12 nitrogen and oxygen atoms in total. The van der Waals surface area contributed by atoms with Crippen LogP contribution in [0.3, 0.4) is 0 Å². The Kier molecular flexibility index (Phi) is 12.0. The molecule has 184 valence electrons. The summed E-state index contributed by atoms with van der Waals surface area (Å²) in [6, 6.07) is 0.655. The number of carboxylic acid groups (broad SMARTS) is 2. The molecule has 1 aromatic carbocycles. The average Bonchev–Trinajstić information content (AvgIpc) is 2.75. The number of carbonyl (C=O) groups excluding carboxylic acids is 2. The van der Waals surface area contributed by atoms with Gasteiger partial charge in [0.15, 0.2) is 11.5 Å². The van der Waals surface area contributed by atoms with Crippen LogP contribution in [0.5, 0.6) is 11.5 Å². The van der Waals surface area contributed by atoms with E-state index in [1.54, 1.807) is 6.07 Å². The molecule has 2 atom stereocenters. The lowest BCUT2D eigenvalue weighted by atomic mass is 10.1. The van der Waals surface area contributed by atoms with Gasteiger partial charge in [-0.1, -0.05) is 6.92 Å². The first kappa shape index (κ1) is 28.0. The summed E-state index contributed by atoms with van der Waals surface area (Å²) in [6.07, 6.45) is 0.172. The van der Waals surface area contributed by atoms with Crippen LogP contribution in [0, 0.1) is 0 Å². The lowest BCUT2D eigenvalue weighted by molar-refractivity contribution is -0.139. The van der Waals surface area contributed by atoms with Crippen molar-refractivity contribution in [2.24, 2.45) is 5.73 Å². The SMILES string of the molecule is CCNCCc1cc(O)c(O)c(SCC(NC(=O)CCC(N)C(=O)O)C(=O)NCC(=O)O)c1. The molecule has 0 fully saturated rings. The number of nitrogens with one attached hydrogen (secondary N) is 3. The minimum Gasteiger partial charge on any atom is -0.504 e. The van der Waals surface area contributed by atoms with Crippen molar-refractivity contribution < 1.29 is 39.6 Å². The zero-order chi connectivity index (χ0) is 25.0. The van der Waals surface area contributed by atoms with Crippen molar-refractivity contribution in [3.8, 4) is 11.5 Å². The van der Waals surface area contributed by atoms with Gasteiger partial charge < -0.3 is 42.1 Å². The lowest BCUT2D eigenvalue weighted by Crippen LogP contribution is -2.49. The summed E-state index contributed by atoms with van der Waals surface area (Å²) in [5, 5.41) is 45.5. The van der Waals surface area contributed by atoms with E-state index in [0.29, 0.717) is 13.0 Å². The molecule has 2 unspecified atom stereocenters. The number of phenolic OH excluding ortho intramolecular Hbond substituents is 2. The lowest BCUT2D eigenvalue weighted by Gasteiger charge is -2.19. The molecule has 1 aromatic rings. The van der Waals surface area contributed by atoms with Gasteiger partial charge >= 0.3 is 11.9 Å². The molecule has 33 heavy (non-hydrogen) atoms. The van der Waals surface area contributed by atoms with E-state index >= 15 is 0 Å². The summed E-state index contributed by atoms with van der Waals surface area (Å²) in [5.74, 6) is -4.75. The van der Waals surface area contributed by atoms with Crippen molar-refractivity contribution in [2.75, 3.05) is 25.4 Å². The largest absolute Gasteiger partial charge is 0.504 e. The Balaban J connectivity index is 2.90. The minimum atomic E-state index is -1.27. The number of benzene rings is 1. The fraction of sp³-hybridized carbons (Fsp3) is 0.500. The van der Waals surface area contributed by atoms with E-state index in [-0.39, 0.29) is 35.0 Å². The third-order valence-corrected chi connectivity index (χ3v) is 5.55. The summed E-state index contributed by atoms with van der Waals surface area (Å²) in [5.41, 5.74) is 6.12. The molecule has 0 radical (unpaired) electrons. The van der Waals surface area contributed by atoms with Crippen LogP contribution in [0.15, 0.2) is 17.0 Å². The number of nitrogens with two attached hydrogens (primary N) is 1. The second-order valence-corrected chi connectivity index (χ2v) is 8.15. The van der Waals surface area contributed by atoms with E-state index in [4.69, 9.17) is 15.9 Å². The minimum absolute atomic E-state index is 0.0914. The van der Waals surface area contributed by atoms with Gasteiger partial charge in [0.25, 0.3) is 0 Å². The molecule has 13 heteroatoms. The van der Waals surface area contributed by atoms with E-state index in [1.165, 1.54) is 6.07 Å². The van der Waals surface area contributed by atoms with Gasteiger partial charge in [0.2, 0.25) is 11.8 Å². The Morgan fingerprint density at radius 1 is 1.15 bits per heavy atom. The Morgan fingerprint density at radius 3 is 2.45 bits per heavy atom. The molecule has 0 saturated carbocycles. The first-order chi connectivity index (χ1) is 15.5. The highest BCUT2D eigenvalue weighted by Gasteiger charge is 2.23. The van der Waals surface area contributed by atoms with Crippen molar-refractivity contribution >= 4 is 35.5 Å². The van der Waals surface area contributed by atoms with Crippen LogP contribution in [0.4, 0.5) is 0 Å². The molecule has 0 aromatic heterocycles. The Labute approximate surface area is 194 Å². The average molecular weight is 487 g/mol. The summed E-state index contributed by atoms with van der Waals surface area (Å²) < 4.78 is 0. The van der Waals surface area contributed by atoms with E-state index in [0.717, 1.165) is 23.9 Å². The fourth-order valence-corrected chi connectivity index (χ4v) is 3.69. The number of phenols is 2. The topological polar surface area (TPSA) is 211 Å². The van der Waals surface area contributed by atoms with E-state index in [2.05, 4.69) is 16.0 Å². The highest BCUT2D eigenvalue weighted by molar-refractivity contribution is 7.99. The number of aromatic hydroxyl groups is 2. The zero-order valence-electron chi connectivity index (χ0n) is 18.2. The van der Waals surface area contributed by atoms with E-state index < -0.39 is 42.4 Å². The Morgan fingerprint density at radius 2 is 1.85 bits per heavy atom. The molecule has 0 heterocycles. The molecular weight excluding hydrogens is 456 g/mol. The monoisotopic (exact) mass is 486 g/mol. The van der Waals surface area contributed by atoms with Crippen molar-refractivity contribution in [3.05, 3.63) is 17.7 Å². The normalized spacial score (nSPS) is 12.5. The van der Waals surface area contributed by atoms with Crippen molar-refractivity contribution in [2.45, 2.75) is 43.2 Å². The molecule has 0 aliphatic rings. The first-order valence-corrected chi connectivity index (χ1v) is 11.2. The third kappa shape index (κ3) is 10.4. The van der Waals surface area contributed by atoms with Crippen LogP contribution in [-0.4, -0.2) is 81.6 Å². The quantitative estimate of drug-likeness (QED) is 0.0875. The molecule has 0 saturated heterocycles. The highest BCUT2D eigenvalue weighted by Crippen LogP contribution is 2.37. The molecule has 0 bridgehead atoms. The molecular formula is C20H30N4O8S. The predicted molar refractivity (Wildman–Crippen MR) is 120 cm³/mol. The summed E-state index contributed by atoms with van der Waals surface area (Å²) in [6.45, 7) is 2.72. The molecule has 0 spiro atoms. The fourth-order valence-electron chi connectivity index (χ4n) is 2.63. The van der Waals surface area contributed by atoms with Crippen LogP contribution in [0.1, 0.15) is 25.3 Å². The van der Waals surface area contributed by atoms with Crippen LogP contribution >= 0.6 is 11.8 Å². The molecule has 0 aliphatic carbocycles. The number of likely N-dealkylation sites (N-methyl/N-ethyl adjacent to an activating group) is 1. The van der Waals surface area contributed by atoms with Gasteiger partial charge in [-0.25, -0.2) is 0 Å². The standard InChI is InChI=1S/C20H30N4O8S/c1-2-22-6-5-11-7-14(25)18(29)15(8-11)33-10-13(19(30)23-9-17(27)28)24-16(26)4-3-12(21)20(31)32/h7-8,12-13,22,25,29H,2-6,9-10,21H2,1H3,(H,23,30)(H,24,26)(H,27,28)(H,31,32). The maximum absolute atomic E-state index is 12.4. The van der Waals surface area contributed by atoms with Gasteiger partial charge in [0.05, 0.1) is 4.90 Å². The van der Waals surface area contributed by atoms with Crippen LogP contribution in [0.2, 0.25) is 0 Å². The van der Waals surface area contributed by atoms with Gasteiger partial charge in [-0.05, 0) is 43.6 Å². The molecule has 2 amide bonds. The number of carboxylic acids is 2. The zero-order valence-corrected chi connectivity index (χ0v) is 19.0. The number of aliphatic carboxylic acids is 2. The molecule has 9 N–H and O–H groups in total. The third-order valence-electron chi connectivity index (χ3n) is 4.43. The number of carbonyl (C=O) groups is 4. The predicted octanol–water partition coefficient (Wildman–Crippen LogP) is -0.780. The number of thioether (sulfide) groups is 1. The van der Waals surface area contributed by atoms with Gasteiger partial charge in [0.1, 0.15) is 18.6 Å². The highest BCUT2D eigenvalue weighted by atomic mass is 32.2. The van der Waals surface area contributed by atoms with E-state index in [1.807, 2.05) is 6.92 Å². The van der Waals surface area contributed by atoms with Crippen molar-refractivity contribution in [3.63, 3.8) is 0 Å². The van der Waals surface area contributed by atoms with Crippen molar-refractivity contribution in [1.82, 2.24) is 16.0 Å². The maximum Gasteiger partial charge on any atom is 0.322 e. The van der Waals surface area contributed by atoms with Crippen LogP contribution in [-0.2, 0) is 25.6 Å². The van der Waals surface area contributed by atoms with Gasteiger partial charge in [-0.3, -0.25) is 19.2 Å². The van der Waals surface area contributed by atoms with Gasteiger partial charge in [0, 0.05) is 12.2 Å². The Hall–Kier alpha value is -3.03. The summed E-state index contributed by atoms with van der Waals surface area (Å²) in [4.78, 5) is 46.4. The first-order valence-electron chi connectivity index (χ1n) is 10.2. The van der Waals surface area contributed by atoms with Crippen LogP contribution < -0.4 is 21.7 Å². The second-order valence-electron chi connectivity index (χ2n) is 7.09. The summed E-state index contributed by atoms with van der Waals surface area (Å²) in [7, 11) is 0. The van der Waals surface area contributed by atoms with Gasteiger partial charge in [-0.2, -0.15) is 0 Å². The number of hydrogen-bond acceptors (Lipinski definition) is 9. The number of rotatable bonds is 15. The molecule has 1 rings (SSSR count). The Bertz CT molecular complexity index is 852. The number of amides is 2. The van der Waals surface area contributed by atoms with Gasteiger partial charge in [-0.15, -0.1) is 11.8 Å². The number of hydrogen-bond donors (Lipinski definition) is 8. The van der Waals surface area contributed by atoms with Crippen LogP contribution in [0.25, 0.3) is 0 Å². The van der Waals surface area contributed by atoms with E-state index in [9.17, 15) is 29.4 Å². The second kappa shape index (κ2) is 14.2. The van der Waals surface area contributed by atoms with Crippen molar-refractivity contribution in [1.29, 1.82) is 0 Å². The summed E-state index contributed by atoms with van der Waals surface area (Å²) >= 11 is 0.984. The maximum atomic E-state index is 12.4.